The van der Waals surface area contributed by atoms with E-state index in [-0.39, 0.29) is 22.9 Å². The third-order valence-electron chi connectivity index (χ3n) is 3.60. The molecule has 1 aliphatic heterocycles. The standard InChI is InChI=1S/C15H15ClN2O3/c16-11-5-3-9(4-6-11)12-14(19)17-13(18-15(12)20)10-2-1-7-21-8-10/h3-6,10H,1-2,7-8H2,(H2,17,18,19,20). The molecule has 1 atom stereocenters. The lowest BCUT2D eigenvalue weighted by Gasteiger charge is -2.21. The third-order valence-corrected chi connectivity index (χ3v) is 3.85. The van der Waals surface area contributed by atoms with Gasteiger partial charge in [0.05, 0.1) is 6.61 Å². The molecule has 1 saturated heterocycles. The van der Waals surface area contributed by atoms with E-state index in [4.69, 9.17) is 16.3 Å². The summed E-state index contributed by atoms with van der Waals surface area (Å²) in [6.45, 7) is 1.25. The Morgan fingerprint density at radius 2 is 2.10 bits per heavy atom. The summed E-state index contributed by atoms with van der Waals surface area (Å²) in [7, 11) is 0. The number of H-pyrrole nitrogens is 1. The minimum atomic E-state index is -0.356. The van der Waals surface area contributed by atoms with Crippen molar-refractivity contribution in [2.45, 2.75) is 18.8 Å². The number of aromatic nitrogens is 2. The molecule has 6 heteroatoms. The van der Waals surface area contributed by atoms with Gasteiger partial charge in [-0.3, -0.25) is 4.79 Å². The van der Waals surface area contributed by atoms with Gasteiger partial charge in [0.15, 0.2) is 0 Å². The molecular formula is C15H15ClN2O3. The molecule has 110 valence electrons. The SMILES string of the molecule is O=c1[nH]c(C2CCCOC2)nc(O)c1-c1ccc(Cl)cc1. The number of ether oxygens (including phenoxy) is 1. The minimum absolute atomic E-state index is 0.0246. The molecule has 3 rings (SSSR count). The summed E-state index contributed by atoms with van der Waals surface area (Å²) >= 11 is 5.83. The Labute approximate surface area is 126 Å². The third kappa shape index (κ3) is 2.94. The quantitative estimate of drug-likeness (QED) is 0.894. The second-order valence-corrected chi connectivity index (χ2v) is 5.51. The summed E-state index contributed by atoms with van der Waals surface area (Å²) in [4.78, 5) is 19.2. The van der Waals surface area contributed by atoms with Crippen molar-refractivity contribution in [2.75, 3.05) is 13.2 Å². The zero-order valence-corrected chi connectivity index (χ0v) is 12.1. The molecule has 1 aromatic carbocycles. The highest BCUT2D eigenvalue weighted by Gasteiger charge is 2.21. The van der Waals surface area contributed by atoms with Crippen LogP contribution in [0.15, 0.2) is 29.1 Å². The van der Waals surface area contributed by atoms with Crippen molar-refractivity contribution in [1.82, 2.24) is 9.97 Å². The van der Waals surface area contributed by atoms with E-state index in [1.54, 1.807) is 24.3 Å². The molecule has 0 aliphatic carbocycles. The maximum absolute atomic E-state index is 12.3. The summed E-state index contributed by atoms with van der Waals surface area (Å²) in [5, 5.41) is 10.7. The average Bonchev–Trinajstić information content (AvgIpc) is 2.49. The Morgan fingerprint density at radius 3 is 2.71 bits per heavy atom. The van der Waals surface area contributed by atoms with Crippen LogP contribution in [-0.2, 0) is 4.74 Å². The van der Waals surface area contributed by atoms with Crippen LogP contribution in [0.4, 0.5) is 0 Å². The molecule has 2 N–H and O–H groups in total. The number of nitrogens with zero attached hydrogens (tertiary/aromatic N) is 1. The fourth-order valence-corrected chi connectivity index (χ4v) is 2.63. The molecule has 1 fully saturated rings. The summed E-state index contributed by atoms with van der Waals surface area (Å²) in [5.74, 6) is 0.244. The Hall–Kier alpha value is -1.85. The number of nitrogens with one attached hydrogen (secondary N) is 1. The number of hydrogen-bond donors (Lipinski definition) is 2. The number of hydrogen-bond acceptors (Lipinski definition) is 4. The molecule has 2 heterocycles. The second kappa shape index (κ2) is 5.87. The predicted octanol–water partition coefficient (Wildman–Crippen LogP) is 2.69. The lowest BCUT2D eigenvalue weighted by Crippen LogP contribution is -2.22. The molecule has 1 aliphatic rings. The van der Waals surface area contributed by atoms with Crippen molar-refractivity contribution in [3.8, 4) is 17.0 Å². The molecule has 1 aromatic heterocycles. The largest absolute Gasteiger partial charge is 0.493 e. The lowest BCUT2D eigenvalue weighted by atomic mass is 10.0. The van der Waals surface area contributed by atoms with E-state index in [1.807, 2.05) is 0 Å². The van der Waals surface area contributed by atoms with Crippen molar-refractivity contribution in [3.63, 3.8) is 0 Å². The van der Waals surface area contributed by atoms with Gasteiger partial charge in [0, 0.05) is 17.5 Å². The van der Waals surface area contributed by atoms with Crippen LogP contribution in [0.25, 0.3) is 11.1 Å². The van der Waals surface area contributed by atoms with Crippen molar-refractivity contribution >= 4 is 11.6 Å². The van der Waals surface area contributed by atoms with Gasteiger partial charge in [-0.05, 0) is 30.5 Å². The van der Waals surface area contributed by atoms with Crippen LogP contribution in [-0.4, -0.2) is 28.3 Å². The van der Waals surface area contributed by atoms with Crippen LogP contribution in [0.1, 0.15) is 24.6 Å². The van der Waals surface area contributed by atoms with Crippen LogP contribution < -0.4 is 5.56 Å². The van der Waals surface area contributed by atoms with E-state index < -0.39 is 0 Å². The molecular weight excluding hydrogens is 292 g/mol. The second-order valence-electron chi connectivity index (χ2n) is 5.07. The number of halogens is 1. The molecule has 0 saturated carbocycles. The first-order chi connectivity index (χ1) is 10.1. The minimum Gasteiger partial charge on any atom is -0.493 e. The lowest BCUT2D eigenvalue weighted by molar-refractivity contribution is 0.0778. The topological polar surface area (TPSA) is 75.2 Å². The van der Waals surface area contributed by atoms with Gasteiger partial charge in [-0.1, -0.05) is 23.7 Å². The highest BCUT2D eigenvalue weighted by molar-refractivity contribution is 6.30. The van der Waals surface area contributed by atoms with E-state index in [2.05, 4.69) is 9.97 Å². The highest BCUT2D eigenvalue weighted by atomic mass is 35.5. The zero-order valence-electron chi connectivity index (χ0n) is 11.3. The van der Waals surface area contributed by atoms with Crippen molar-refractivity contribution in [2.24, 2.45) is 0 Å². The molecule has 0 spiro atoms. The van der Waals surface area contributed by atoms with Gasteiger partial charge in [-0.15, -0.1) is 0 Å². The maximum Gasteiger partial charge on any atom is 0.262 e. The fraction of sp³-hybridized carbons (Fsp3) is 0.333. The first-order valence-electron chi connectivity index (χ1n) is 6.82. The molecule has 2 aromatic rings. The smallest absolute Gasteiger partial charge is 0.262 e. The van der Waals surface area contributed by atoms with Crippen LogP contribution in [0.5, 0.6) is 5.88 Å². The molecule has 1 unspecified atom stereocenters. The van der Waals surface area contributed by atoms with Gasteiger partial charge in [-0.25, -0.2) is 0 Å². The van der Waals surface area contributed by atoms with Gasteiger partial charge in [0.1, 0.15) is 11.4 Å². The number of aromatic hydroxyl groups is 1. The Bertz CT molecular complexity index is 691. The van der Waals surface area contributed by atoms with Gasteiger partial charge >= 0.3 is 0 Å². The summed E-state index contributed by atoms with van der Waals surface area (Å²) in [5.41, 5.74) is 0.384. The maximum atomic E-state index is 12.3. The molecule has 21 heavy (non-hydrogen) atoms. The first-order valence-corrected chi connectivity index (χ1v) is 7.20. The van der Waals surface area contributed by atoms with E-state index >= 15 is 0 Å². The molecule has 0 amide bonds. The zero-order chi connectivity index (χ0) is 14.8. The van der Waals surface area contributed by atoms with Crippen molar-refractivity contribution < 1.29 is 9.84 Å². The molecule has 0 radical (unpaired) electrons. The Kier molecular flexibility index (Phi) is 3.94. The predicted molar refractivity (Wildman–Crippen MR) is 79.8 cm³/mol. The average molecular weight is 307 g/mol. The summed E-state index contributed by atoms with van der Waals surface area (Å²) < 4.78 is 5.39. The Morgan fingerprint density at radius 1 is 1.33 bits per heavy atom. The molecule has 5 nitrogen and oxygen atoms in total. The number of rotatable bonds is 2. The van der Waals surface area contributed by atoms with E-state index in [0.717, 1.165) is 19.4 Å². The summed E-state index contributed by atoms with van der Waals surface area (Å²) in [6.07, 6.45) is 1.82. The normalized spacial score (nSPS) is 18.6. The number of benzene rings is 1. The Balaban J connectivity index is 2.00. The van der Waals surface area contributed by atoms with Crippen LogP contribution in [0.2, 0.25) is 5.02 Å². The van der Waals surface area contributed by atoms with Crippen LogP contribution in [0, 0.1) is 0 Å². The molecule has 0 bridgehead atoms. The van der Waals surface area contributed by atoms with Gasteiger partial charge < -0.3 is 14.8 Å². The van der Waals surface area contributed by atoms with Gasteiger partial charge in [0.25, 0.3) is 5.56 Å². The fourth-order valence-electron chi connectivity index (χ4n) is 2.50. The van der Waals surface area contributed by atoms with Crippen molar-refractivity contribution in [1.29, 1.82) is 0 Å². The van der Waals surface area contributed by atoms with E-state index in [9.17, 15) is 9.90 Å². The summed E-state index contributed by atoms with van der Waals surface area (Å²) in [6, 6.07) is 6.69. The van der Waals surface area contributed by atoms with Crippen molar-refractivity contribution in [3.05, 3.63) is 45.5 Å². The first kappa shape index (κ1) is 14.1. The van der Waals surface area contributed by atoms with Gasteiger partial charge in [-0.2, -0.15) is 4.98 Å². The van der Waals surface area contributed by atoms with E-state index in [0.29, 0.717) is 23.0 Å². The van der Waals surface area contributed by atoms with E-state index in [1.165, 1.54) is 0 Å². The highest BCUT2D eigenvalue weighted by Crippen LogP contribution is 2.28. The van der Waals surface area contributed by atoms with Crippen LogP contribution in [0.3, 0.4) is 0 Å². The number of aromatic amines is 1. The monoisotopic (exact) mass is 306 g/mol. The van der Waals surface area contributed by atoms with Crippen LogP contribution >= 0.6 is 11.6 Å². The van der Waals surface area contributed by atoms with Gasteiger partial charge in [0.2, 0.25) is 5.88 Å².